The third-order valence-corrected chi connectivity index (χ3v) is 0.915. The summed E-state index contributed by atoms with van der Waals surface area (Å²) >= 11 is 0. The van der Waals surface area contributed by atoms with E-state index in [9.17, 15) is 4.79 Å². The Kier molecular flexibility index (Phi) is 1.51. The first-order valence-electron chi connectivity index (χ1n) is 2.55. The van der Waals surface area contributed by atoms with Crippen LogP contribution in [0.2, 0.25) is 0 Å². The summed E-state index contributed by atoms with van der Waals surface area (Å²) in [6.07, 6.45) is 3.64. The van der Waals surface area contributed by atoms with Gasteiger partial charge in [0.2, 0.25) is 5.91 Å². The summed E-state index contributed by atoms with van der Waals surface area (Å²) in [6, 6.07) is 0. The number of carbonyl (C=O) groups is 1. The molecule has 3 nitrogen and oxygen atoms in total. The van der Waals surface area contributed by atoms with Gasteiger partial charge in [-0.3, -0.25) is 4.79 Å². The van der Waals surface area contributed by atoms with E-state index < -0.39 is 0 Å². The van der Waals surface area contributed by atoms with Crippen LogP contribution in [0.4, 0.5) is 0 Å². The number of hydrogen-bond acceptors (Lipinski definition) is 2. The van der Waals surface area contributed by atoms with Crippen LogP contribution in [0.1, 0.15) is 0 Å². The predicted molar refractivity (Wildman–Crippen MR) is 30.2 cm³/mol. The largest absolute Gasteiger partial charge is 0.382 e. The maximum atomic E-state index is 10.5. The highest BCUT2D eigenvalue weighted by molar-refractivity contribution is 5.78. The van der Waals surface area contributed by atoms with Gasteiger partial charge in [0.15, 0.2) is 0 Å². The zero-order valence-corrected chi connectivity index (χ0v) is 4.48. The quantitative estimate of drug-likeness (QED) is 0.431. The molecule has 1 aliphatic heterocycles. The third kappa shape index (κ3) is 1.26. The van der Waals surface area contributed by atoms with Crippen molar-refractivity contribution in [1.29, 1.82) is 0 Å². The van der Waals surface area contributed by atoms with Crippen LogP contribution >= 0.6 is 0 Å². The number of carbonyl (C=O) groups excluding carboxylic acids is 1. The van der Waals surface area contributed by atoms with Crippen molar-refractivity contribution in [3.05, 3.63) is 12.3 Å². The van der Waals surface area contributed by atoms with E-state index in [0.717, 1.165) is 0 Å². The molecule has 0 fully saturated rings. The molecular weight excluding hydrogens is 104 g/mol. The van der Waals surface area contributed by atoms with Gasteiger partial charge in [-0.25, -0.2) is 0 Å². The molecular formula is C5H8N2O. The highest BCUT2D eigenvalue weighted by Gasteiger charge is 1.97. The third-order valence-electron chi connectivity index (χ3n) is 0.915. The Morgan fingerprint density at radius 3 is 3.38 bits per heavy atom. The van der Waals surface area contributed by atoms with Gasteiger partial charge in [0.05, 0.1) is 6.54 Å². The first-order valence-corrected chi connectivity index (χ1v) is 2.55. The lowest BCUT2D eigenvalue weighted by Crippen LogP contribution is -2.28. The van der Waals surface area contributed by atoms with Crippen molar-refractivity contribution in [2.24, 2.45) is 0 Å². The first-order chi connectivity index (χ1) is 3.89. The minimum absolute atomic E-state index is 0.0509. The molecule has 1 rings (SSSR count). The maximum absolute atomic E-state index is 10.5. The molecule has 0 radical (unpaired) electrons. The van der Waals surface area contributed by atoms with Gasteiger partial charge in [-0.15, -0.1) is 0 Å². The van der Waals surface area contributed by atoms with E-state index >= 15 is 0 Å². The minimum Gasteiger partial charge on any atom is -0.382 e. The van der Waals surface area contributed by atoms with Gasteiger partial charge in [0, 0.05) is 6.54 Å². The molecule has 0 saturated heterocycles. The van der Waals surface area contributed by atoms with E-state index in [0.29, 0.717) is 13.1 Å². The molecule has 1 aliphatic rings. The smallest absolute Gasteiger partial charge is 0.239 e. The summed E-state index contributed by atoms with van der Waals surface area (Å²) in [5, 5.41) is 5.46. The van der Waals surface area contributed by atoms with Crippen LogP contribution in [-0.4, -0.2) is 19.0 Å². The Balaban J connectivity index is 2.39. The van der Waals surface area contributed by atoms with Gasteiger partial charge < -0.3 is 10.6 Å². The molecule has 8 heavy (non-hydrogen) atoms. The van der Waals surface area contributed by atoms with E-state index in [1.165, 1.54) is 0 Å². The summed E-state index contributed by atoms with van der Waals surface area (Å²) in [5.74, 6) is 0.0509. The van der Waals surface area contributed by atoms with Crippen LogP contribution in [0.3, 0.4) is 0 Å². The van der Waals surface area contributed by atoms with E-state index in [-0.39, 0.29) is 5.91 Å². The summed E-state index contributed by atoms with van der Waals surface area (Å²) in [6.45, 7) is 1.04. The van der Waals surface area contributed by atoms with Crippen molar-refractivity contribution in [1.82, 2.24) is 10.6 Å². The number of amides is 1. The topological polar surface area (TPSA) is 41.1 Å². The number of nitrogens with one attached hydrogen (secondary N) is 2. The molecule has 0 spiro atoms. The lowest BCUT2D eigenvalue weighted by atomic mass is 10.6. The molecule has 0 saturated carbocycles. The second-order valence-electron chi connectivity index (χ2n) is 1.59. The van der Waals surface area contributed by atoms with Crippen molar-refractivity contribution in [2.75, 3.05) is 13.1 Å². The molecule has 0 unspecified atom stereocenters. The summed E-state index contributed by atoms with van der Waals surface area (Å²) in [7, 11) is 0. The molecule has 0 aliphatic carbocycles. The fraction of sp³-hybridized carbons (Fsp3) is 0.400. The molecule has 0 bridgehead atoms. The summed E-state index contributed by atoms with van der Waals surface area (Å²) < 4.78 is 0. The Labute approximate surface area is 47.8 Å². The highest BCUT2D eigenvalue weighted by atomic mass is 16.1. The zero-order valence-electron chi connectivity index (χ0n) is 4.48. The molecule has 0 aromatic rings. The molecule has 44 valence electrons. The molecule has 2 N–H and O–H groups in total. The molecule has 3 heteroatoms. The molecule has 0 aromatic carbocycles. The van der Waals surface area contributed by atoms with Gasteiger partial charge in [-0.1, -0.05) is 0 Å². The van der Waals surface area contributed by atoms with Crippen molar-refractivity contribution < 1.29 is 4.79 Å². The average molecular weight is 112 g/mol. The number of hydrogen-bond donors (Lipinski definition) is 2. The Morgan fingerprint density at radius 1 is 1.62 bits per heavy atom. The highest BCUT2D eigenvalue weighted by Crippen LogP contribution is 1.73. The van der Waals surface area contributed by atoms with Crippen LogP contribution in [0.5, 0.6) is 0 Å². The lowest BCUT2D eigenvalue weighted by Gasteiger charge is -1.94. The molecule has 0 atom stereocenters. The Bertz CT molecular complexity index is 108. The van der Waals surface area contributed by atoms with Crippen molar-refractivity contribution in [2.45, 2.75) is 0 Å². The van der Waals surface area contributed by atoms with Crippen LogP contribution in [0, 0.1) is 0 Å². The lowest BCUT2D eigenvalue weighted by molar-refractivity contribution is -0.119. The normalized spacial score (nSPS) is 18.8. The van der Waals surface area contributed by atoms with Gasteiger partial charge in [-0.05, 0) is 12.3 Å². The monoisotopic (exact) mass is 112 g/mol. The Hall–Kier alpha value is -0.990. The SMILES string of the molecule is O=C1CNC=CCN1. The van der Waals surface area contributed by atoms with Crippen LogP contribution in [-0.2, 0) is 4.79 Å². The fourth-order valence-electron chi connectivity index (χ4n) is 0.529. The van der Waals surface area contributed by atoms with Crippen LogP contribution < -0.4 is 10.6 Å². The number of rotatable bonds is 0. The predicted octanol–water partition coefficient (Wildman–Crippen LogP) is -0.780. The van der Waals surface area contributed by atoms with Crippen LogP contribution in [0.15, 0.2) is 12.3 Å². The second kappa shape index (κ2) is 2.35. The second-order valence-corrected chi connectivity index (χ2v) is 1.59. The zero-order chi connectivity index (χ0) is 5.82. The summed E-state index contributed by atoms with van der Waals surface area (Å²) in [5.41, 5.74) is 0. The molecule has 1 heterocycles. The fourth-order valence-corrected chi connectivity index (χ4v) is 0.529. The van der Waals surface area contributed by atoms with E-state index in [2.05, 4.69) is 10.6 Å². The van der Waals surface area contributed by atoms with E-state index in [1.807, 2.05) is 6.08 Å². The van der Waals surface area contributed by atoms with Crippen molar-refractivity contribution in [3.8, 4) is 0 Å². The summed E-state index contributed by atoms with van der Waals surface area (Å²) in [4.78, 5) is 10.5. The molecule has 1 amide bonds. The maximum Gasteiger partial charge on any atom is 0.239 e. The standard InChI is InChI=1S/C5H8N2O/c8-5-4-6-2-1-3-7-5/h1-2,6H,3-4H2,(H,7,8). The first kappa shape index (κ1) is 5.15. The van der Waals surface area contributed by atoms with E-state index in [4.69, 9.17) is 0 Å². The average Bonchev–Trinajstić information content (AvgIpc) is 1.94. The van der Waals surface area contributed by atoms with Crippen molar-refractivity contribution >= 4 is 5.91 Å². The van der Waals surface area contributed by atoms with Gasteiger partial charge in [0.1, 0.15) is 0 Å². The minimum atomic E-state index is 0.0509. The Morgan fingerprint density at radius 2 is 2.50 bits per heavy atom. The van der Waals surface area contributed by atoms with Gasteiger partial charge in [0.25, 0.3) is 0 Å². The molecule has 0 aromatic heterocycles. The van der Waals surface area contributed by atoms with Gasteiger partial charge in [-0.2, -0.15) is 0 Å². The van der Waals surface area contributed by atoms with Crippen molar-refractivity contribution in [3.63, 3.8) is 0 Å². The van der Waals surface area contributed by atoms with Crippen LogP contribution in [0.25, 0.3) is 0 Å². The van der Waals surface area contributed by atoms with E-state index in [1.54, 1.807) is 6.20 Å². The van der Waals surface area contributed by atoms with Gasteiger partial charge >= 0.3 is 0 Å².